The molecule has 1 aliphatic heterocycles. The number of aliphatic hydroxyl groups is 1. The Balaban J connectivity index is 1.24. The van der Waals surface area contributed by atoms with Crippen molar-refractivity contribution in [2.75, 3.05) is 27.4 Å². The average molecular weight is 703 g/mol. The van der Waals surface area contributed by atoms with Crippen molar-refractivity contribution >= 4 is 5.97 Å². The Morgan fingerprint density at radius 1 is 0.885 bits per heavy atom. The number of aliphatic hydroxyl groups excluding tert-OH is 1. The molecule has 4 aromatic carbocycles. The summed E-state index contributed by atoms with van der Waals surface area (Å²) >= 11 is 0. The van der Waals surface area contributed by atoms with Crippen LogP contribution in [0.15, 0.2) is 119 Å². The third kappa shape index (κ3) is 7.70. The van der Waals surface area contributed by atoms with Gasteiger partial charge in [-0.25, -0.2) is 9.59 Å². The van der Waals surface area contributed by atoms with Gasteiger partial charge >= 0.3 is 11.7 Å². The molecule has 1 saturated heterocycles. The van der Waals surface area contributed by atoms with Crippen LogP contribution in [0, 0.1) is 18.8 Å². The van der Waals surface area contributed by atoms with E-state index in [-0.39, 0.29) is 25.2 Å². The minimum atomic E-state index is -1.15. The molecule has 3 unspecified atom stereocenters. The summed E-state index contributed by atoms with van der Waals surface area (Å²) in [6.45, 7) is 1.57. The average Bonchev–Trinajstić information content (AvgIpc) is 3.54. The number of aromatic nitrogens is 2. The number of esters is 1. The Morgan fingerprint density at radius 3 is 2.08 bits per heavy atom. The number of hydrogen-bond acceptors (Lipinski definition) is 9. The number of carbonyl (C=O) groups excluding carboxylic acids is 1. The van der Waals surface area contributed by atoms with Crippen molar-refractivity contribution in [3.05, 3.63) is 164 Å². The zero-order valence-corrected chi connectivity index (χ0v) is 28.9. The predicted molar refractivity (Wildman–Crippen MR) is 192 cm³/mol. The zero-order chi connectivity index (χ0) is 36.7. The number of ether oxygens (including phenoxy) is 5. The second kappa shape index (κ2) is 16.0. The van der Waals surface area contributed by atoms with E-state index in [1.807, 2.05) is 85.8 Å². The fraction of sp³-hybridized carbons (Fsp3) is 0.244. The number of aromatic amines is 1. The Bertz CT molecular complexity index is 2120. The number of rotatable bonds is 11. The van der Waals surface area contributed by atoms with Gasteiger partial charge in [-0.1, -0.05) is 84.1 Å². The molecule has 1 aliphatic rings. The minimum absolute atomic E-state index is 0.0362. The highest BCUT2D eigenvalue weighted by molar-refractivity contribution is 5.89. The Kier molecular flexibility index (Phi) is 11.0. The third-order valence-electron chi connectivity index (χ3n) is 8.91. The van der Waals surface area contributed by atoms with Gasteiger partial charge in [-0.3, -0.25) is 14.3 Å². The van der Waals surface area contributed by atoms with Gasteiger partial charge in [-0.05, 0) is 60.0 Å². The number of methoxy groups -OCH3 is 2. The van der Waals surface area contributed by atoms with Crippen molar-refractivity contribution in [2.24, 2.45) is 0 Å². The highest BCUT2D eigenvalue weighted by Gasteiger charge is 2.42. The van der Waals surface area contributed by atoms with Crippen molar-refractivity contribution in [3.63, 3.8) is 0 Å². The van der Waals surface area contributed by atoms with Crippen LogP contribution in [0.2, 0.25) is 0 Å². The van der Waals surface area contributed by atoms with E-state index < -0.39 is 41.3 Å². The molecular formula is C41H38N2O9. The number of hydrogen-bond donors (Lipinski definition) is 2. The van der Waals surface area contributed by atoms with Crippen LogP contribution in [-0.4, -0.2) is 60.3 Å². The molecule has 266 valence electrons. The molecule has 5 aromatic rings. The SMILES string of the molecule is COc1ccc(C(OCC2OC(n3cc(C#CCOC(=O)c4ccc(C)cc4)c(=O)[nH]c3=O)CC2O)(c2ccccc2)c2ccc(OC)cc2)cc1. The highest BCUT2D eigenvalue weighted by atomic mass is 16.6. The van der Waals surface area contributed by atoms with E-state index in [2.05, 4.69) is 16.8 Å². The molecule has 2 N–H and O–H groups in total. The summed E-state index contributed by atoms with van der Waals surface area (Å²) in [6, 6.07) is 31.7. The lowest BCUT2D eigenvalue weighted by molar-refractivity contribution is -0.0944. The molecule has 11 heteroatoms. The number of H-pyrrole nitrogens is 1. The van der Waals surface area contributed by atoms with Crippen molar-refractivity contribution in [2.45, 2.75) is 37.4 Å². The first-order valence-electron chi connectivity index (χ1n) is 16.6. The van der Waals surface area contributed by atoms with E-state index in [1.54, 1.807) is 38.5 Å². The van der Waals surface area contributed by atoms with E-state index >= 15 is 0 Å². The van der Waals surface area contributed by atoms with Crippen LogP contribution in [0.4, 0.5) is 0 Å². The van der Waals surface area contributed by atoms with Crippen molar-refractivity contribution in [1.82, 2.24) is 9.55 Å². The molecule has 0 saturated carbocycles. The van der Waals surface area contributed by atoms with Crippen LogP contribution in [0.1, 0.15) is 50.8 Å². The molecule has 0 bridgehead atoms. The summed E-state index contributed by atoms with van der Waals surface area (Å²) in [4.78, 5) is 40.1. The maximum absolute atomic E-state index is 12.9. The zero-order valence-electron chi connectivity index (χ0n) is 28.9. The van der Waals surface area contributed by atoms with Gasteiger partial charge in [0, 0.05) is 12.6 Å². The Hall–Kier alpha value is -5.93. The van der Waals surface area contributed by atoms with E-state index in [9.17, 15) is 19.5 Å². The highest BCUT2D eigenvalue weighted by Crippen LogP contribution is 2.42. The van der Waals surface area contributed by atoms with Crippen LogP contribution >= 0.6 is 0 Å². The first kappa shape index (κ1) is 35.9. The number of carbonyl (C=O) groups is 1. The van der Waals surface area contributed by atoms with E-state index in [1.165, 1.54) is 10.8 Å². The molecule has 52 heavy (non-hydrogen) atoms. The number of aryl methyl sites for hydroxylation is 1. The quantitative estimate of drug-likeness (QED) is 0.114. The summed E-state index contributed by atoms with van der Waals surface area (Å²) in [5.74, 6) is 6.12. The maximum atomic E-state index is 12.9. The second-order valence-electron chi connectivity index (χ2n) is 12.2. The fourth-order valence-corrected chi connectivity index (χ4v) is 6.11. The van der Waals surface area contributed by atoms with Crippen molar-refractivity contribution in [3.8, 4) is 23.3 Å². The fourth-order valence-electron chi connectivity index (χ4n) is 6.11. The van der Waals surface area contributed by atoms with E-state index in [0.717, 1.165) is 22.3 Å². The summed E-state index contributed by atoms with van der Waals surface area (Å²) < 4.78 is 30.4. The van der Waals surface area contributed by atoms with Gasteiger partial charge in [0.05, 0.1) is 32.5 Å². The smallest absolute Gasteiger partial charge is 0.339 e. The van der Waals surface area contributed by atoms with Gasteiger partial charge in [0.2, 0.25) is 0 Å². The van der Waals surface area contributed by atoms with Crippen LogP contribution in [0.25, 0.3) is 0 Å². The van der Waals surface area contributed by atoms with Gasteiger partial charge in [0.25, 0.3) is 5.56 Å². The number of nitrogens with zero attached hydrogens (tertiary/aromatic N) is 1. The summed E-state index contributed by atoms with van der Waals surface area (Å²) in [5.41, 5.74) is 1.20. The molecule has 1 fully saturated rings. The van der Waals surface area contributed by atoms with Gasteiger partial charge in [-0.15, -0.1) is 0 Å². The predicted octanol–water partition coefficient (Wildman–Crippen LogP) is 4.73. The Labute approximate surface area is 300 Å². The molecule has 6 rings (SSSR count). The minimum Gasteiger partial charge on any atom is -0.497 e. The summed E-state index contributed by atoms with van der Waals surface area (Å²) in [7, 11) is 3.20. The van der Waals surface area contributed by atoms with Crippen LogP contribution < -0.4 is 20.7 Å². The first-order valence-corrected chi connectivity index (χ1v) is 16.6. The lowest BCUT2D eigenvalue weighted by Crippen LogP contribution is -2.38. The molecule has 3 atom stereocenters. The second-order valence-corrected chi connectivity index (χ2v) is 12.2. The van der Waals surface area contributed by atoms with E-state index in [4.69, 9.17) is 23.7 Å². The molecule has 1 aromatic heterocycles. The van der Waals surface area contributed by atoms with Gasteiger partial charge in [-0.2, -0.15) is 0 Å². The topological polar surface area (TPSA) is 138 Å². The molecule has 2 heterocycles. The lowest BCUT2D eigenvalue weighted by Gasteiger charge is -2.37. The first-order chi connectivity index (χ1) is 25.2. The summed E-state index contributed by atoms with van der Waals surface area (Å²) in [5, 5.41) is 11.2. The Morgan fingerprint density at radius 2 is 1.48 bits per heavy atom. The number of benzene rings is 4. The largest absolute Gasteiger partial charge is 0.497 e. The van der Waals surface area contributed by atoms with Gasteiger partial charge in [0.15, 0.2) is 6.61 Å². The summed E-state index contributed by atoms with van der Waals surface area (Å²) in [6.07, 6.45) is -1.47. The molecule has 0 radical (unpaired) electrons. The van der Waals surface area contributed by atoms with E-state index in [0.29, 0.717) is 17.1 Å². The van der Waals surface area contributed by atoms with Crippen LogP contribution in [0.5, 0.6) is 11.5 Å². The maximum Gasteiger partial charge on any atom is 0.339 e. The molecule has 11 nitrogen and oxygen atoms in total. The van der Waals surface area contributed by atoms with Gasteiger partial charge < -0.3 is 28.8 Å². The monoisotopic (exact) mass is 702 g/mol. The van der Waals surface area contributed by atoms with Crippen molar-refractivity contribution in [1.29, 1.82) is 0 Å². The third-order valence-corrected chi connectivity index (χ3v) is 8.91. The molecule has 0 aliphatic carbocycles. The van der Waals surface area contributed by atoms with Gasteiger partial charge in [0.1, 0.15) is 35.0 Å². The molecular weight excluding hydrogens is 664 g/mol. The normalized spacial score (nSPS) is 16.8. The number of nitrogens with one attached hydrogen (secondary N) is 1. The van der Waals surface area contributed by atoms with Crippen molar-refractivity contribution < 1.29 is 33.6 Å². The van der Waals surface area contributed by atoms with Crippen LogP contribution in [-0.2, 0) is 19.8 Å². The standard InChI is InChI=1S/C41H38N2O9/c1-27-11-13-28(14-12-27)39(46)50-23-7-8-29-25-43(40(47)42-38(29)45)37-24-35(44)36(52-37)26-51-41(30-9-5-4-6-10-30,31-15-19-33(48-2)20-16-31)32-17-21-34(49-3)22-18-32/h4-6,9-22,25,35-37,44H,23-24,26H2,1-3H3,(H,42,45,47). The molecule has 0 amide bonds. The lowest BCUT2D eigenvalue weighted by atomic mass is 9.80. The molecule has 0 spiro atoms. The van der Waals surface area contributed by atoms with Crippen LogP contribution in [0.3, 0.4) is 0 Å².